The van der Waals surface area contributed by atoms with Gasteiger partial charge in [0.1, 0.15) is 0 Å². The number of hydrogen-bond acceptors (Lipinski definition) is 4. The fourth-order valence-electron chi connectivity index (χ4n) is 2.24. The highest BCUT2D eigenvalue weighted by molar-refractivity contribution is 9.10. The summed E-state index contributed by atoms with van der Waals surface area (Å²) in [5.74, 6) is 0. The Labute approximate surface area is 138 Å². The van der Waals surface area contributed by atoms with Crippen molar-refractivity contribution in [3.63, 3.8) is 0 Å². The van der Waals surface area contributed by atoms with Crippen LogP contribution in [0.2, 0.25) is 0 Å². The lowest BCUT2D eigenvalue weighted by molar-refractivity contribution is 0.318. The fraction of sp³-hybridized carbons (Fsp3) is 0.438. The molecular weight excluding hydrogens is 346 g/mol. The Morgan fingerprint density at radius 3 is 2.86 bits per heavy atom. The van der Waals surface area contributed by atoms with E-state index in [2.05, 4.69) is 61.8 Å². The number of thiophene rings is 1. The standard InChI is InChI=1S/C16H20BrN3S/c1-20(10-16-6-13(17)11-21-16)9-15-3-2-12(8-19-15)7-18-14-4-5-14/h2-3,6,8,11,14,18H,4-5,7,9-10H2,1H3. The van der Waals surface area contributed by atoms with Gasteiger partial charge in [0, 0.05) is 46.6 Å². The fourth-order valence-corrected chi connectivity index (χ4v) is 3.77. The molecule has 0 spiro atoms. The van der Waals surface area contributed by atoms with E-state index in [0.717, 1.165) is 31.4 Å². The van der Waals surface area contributed by atoms with Gasteiger partial charge in [-0.2, -0.15) is 0 Å². The van der Waals surface area contributed by atoms with E-state index in [-0.39, 0.29) is 0 Å². The van der Waals surface area contributed by atoms with E-state index in [0.29, 0.717) is 0 Å². The normalized spacial score (nSPS) is 14.8. The average molecular weight is 366 g/mol. The lowest BCUT2D eigenvalue weighted by atomic mass is 10.2. The molecule has 112 valence electrons. The van der Waals surface area contributed by atoms with Crippen molar-refractivity contribution in [1.29, 1.82) is 0 Å². The highest BCUT2D eigenvalue weighted by Crippen LogP contribution is 2.21. The molecule has 0 aliphatic heterocycles. The second-order valence-corrected chi connectivity index (χ2v) is 7.63. The smallest absolute Gasteiger partial charge is 0.0544 e. The largest absolute Gasteiger partial charge is 0.310 e. The minimum Gasteiger partial charge on any atom is -0.310 e. The monoisotopic (exact) mass is 365 g/mol. The molecule has 0 saturated heterocycles. The van der Waals surface area contributed by atoms with Crippen LogP contribution in [-0.2, 0) is 19.6 Å². The Kier molecular flexibility index (Phi) is 5.06. The van der Waals surface area contributed by atoms with Crippen LogP contribution in [0, 0.1) is 0 Å². The Morgan fingerprint density at radius 2 is 2.24 bits per heavy atom. The van der Waals surface area contributed by atoms with Crippen molar-refractivity contribution >= 4 is 27.3 Å². The molecule has 0 radical (unpaired) electrons. The second kappa shape index (κ2) is 7.01. The summed E-state index contributed by atoms with van der Waals surface area (Å²) in [6, 6.07) is 7.26. The third-order valence-corrected chi connectivity index (χ3v) is 5.22. The zero-order valence-corrected chi connectivity index (χ0v) is 14.6. The van der Waals surface area contributed by atoms with E-state index in [1.807, 2.05) is 6.20 Å². The topological polar surface area (TPSA) is 28.2 Å². The molecule has 5 heteroatoms. The van der Waals surface area contributed by atoms with Crippen LogP contribution < -0.4 is 5.32 Å². The van der Waals surface area contributed by atoms with Crippen molar-refractivity contribution in [2.24, 2.45) is 0 Å². The number of nitrogens with one attached hydrogen (secondary N) is 1. The van der Waals surface area contributed by atoms with Crippen LogP contribution in [0.5, 0.6) is 0 Å². The number of hydrogen-bond donors (Lipinski definition) is 1. The molecule has 2 aromatic heterocycles. The van der Waals surface area contributed by atoms with Crippen LogP contribution in [-0.4, -0.2) is 23.0 Å². The molecule has 0 unspecified atom stereocenters. The summed E-state index contributed by atoms with van der Waals surface area (Å²) >= 11 is 5.29. The number of nitrogens with zero attached hydrogens (tertiary/aromatic N) is 2. The van der Waals surface area contributed by atoms with Crippen LogP contribution in [0.4, 0.5) is 0 Å². The molecule has 1 aliphatic carbocycles. The van der Waals surface area contributed by atoms with Gasteiger partial charge in [-0.3, -0.25) is 9.88 Å². The molecule has 1 N–H and O–H groups in total. The molecule has 0 amide bonds. The van der Waals surface area contributed by atoms with E-state index < -0.39 is 0 Å². The predicted molar refractivity (Wildman–Crippen MR) is 91.3 cm³/mol. The lowest BCUT2D eigenvalue weighted by Gasteiger charge is -2.15. The molecule has 2 aromatic rings. The van der Waals surface area contributed by atoms with E-state index in [1.54, 1.807) is 11.3 Å². The third kappa shape index (κ3) is 4.88. The molecule has 3 nitrogen and oxygen atoms in total. The maximum absolute atomic E-state index is 4.58. The Morgan fingerprint density at radius 1 is 1.38 bits per heavy atom. The molecule has 1 aliphatic rings. The second-order valence-electron chi connectivity index (χ2n) is 5.72. The number of halogens is 1. The Bertz CT molecular complexity index is 577. The third-order valence-electron chi connectivity index (χ3n) is 3.54. The number of rotatable bonds is 7. The average Bonchev–Trinajstić information content (AvgIpc) is 3.21. The van der Waals surface area contributed by atoms with Gasteiger partial charge in [0.2, 0.25) is 0 Å². The van der Waals surface area contributed by atoms with Crippen molar-refractivity contribution in [2.45, 2.75) is 38.5 Å². The summed E-state index contributed by atoms with van der Waals surface area (Å²) in [6.07, 6.45) is 4.66. The van der Waals surface area contributed by atoms with Gasteiger partial charge in [-0.15, -0.1) is 11.3 Å². The molecule has 0 atom stereocenters. The minimum absolute atomic E-state index is 0.751. The molecule has 0 bridgehead atoms. The highest BCUT2D eigenvalue weighted by Gasteiger charge is 2.19. The maximum atomic E-state index is 4.58. The first kappa shape index (κ1) is 15.2. The van der Waals surface area contributed by atoms with Crippen LogP contribution in [0.1, 0.15) is 29.0 Å². The first-order chi connectivity index (χ1) is 10.2. The van der Waals surface area contributed by atoms with Gasteiger partial charge < -0.3 is 5.32 Å². The molecule has 0 aromatic carbocycles. The maximum Gasteiger partial charge on any atom is 0.0544 e. The van der Waals surface area contributed by atoms with E-state index in [4.69, 9.17) is 0 Å². The SMILES string of the molecule is CN(Cc1ccc(CNC2CC2)cn1)Cc1cc(Br)cs1. The Balaban J connectivity index is 1.49. The van der Waals surface area contributed by atoms with Crippen molar-refractivity contribution in [2.75, 3.05) is 7.05 Å². The molecule has 1 fully saturated rings. The minimum atomic E-state index is 0.751. The molecule has 2 heterocycles. The van der Waals surface area contributed by atoms with E-state index in [9.17, 15) is 0 Å². The number of aromatic nitrogens is 1. The Hall–Kier alpha value is -0.750. The summed E-state index contributed by atoms with van der Waals surface area (Å²) in [5.41, 5.74) is 2.40. The summed E-state index contributed by atoms with van der Waals surface area (Å²) in [7, 11) is 2.14. The quantitative estimate of drug-likeness (QED) is 0.808. The van der Waals surface area contributed by atoms with Crippen molar-refractivity contribution in [3.8, 4) is 0 Å². The van der Waals surface area contributed by atoms with Gasteiger partial charge in [-0.1, -0.05) is 6.07 Å². The van der Waals surface area contributed by atoms with E-state index in [1.165, 1.54) is 27.8 Å². The van der Waals surface area contributed by atoms with Crippen LogP contribution in [0.25, 0.3) is 0 Å². The van der Waals surface area contributed by atoms with Gasteiger partial charge in [0.15, 0.2) is 0 Å². The summed E-state index contributed by atoms with van der Waals surface area (Å²) in [5, 5.41) is 5.64. The summed E-state index contributed by atoms with van der Waals surface area (Å²) < 4.78 is 1.17. The molecule has 3 rings (SSSR count). The van der Waals surface area contributed by atoms with Gasteiger partial charge in [-0.25, -0.2) is 0 Å². The molecule has 21 heavy (non-hydrogen) atoms. The van der Waals surface area contributed by atoms with Gasteiger partial charge >= 0.3 is 0 Å². The van der Waals surface area contributed by atoms with Gasteiger partial charge in [0.05, 0.1) is 5.69 Å². The zero-order chi connectivity index (χ0) is 14.7. The van der Waals surface area contributed by atoms with Crippen molar-refractivity contribution in [3.05, 3.63) is 50.4 Å². The van der Waals surface area contributed by atoms with Crippen LogP contribution >= 0.6 is 27.3 Å². The zero-order valence-electron chi connectivity index (χ0n) is 12.2. The lowest BCUT2D eigenvalue weighted by Crippen LogP contribution is -2.18. The van der Waals surface area contributed by atoms with Crippen molar-refractivity contribution in [1.82, 2.24) is 15.2 Å². The van der Waals surface area contributed by atoms with Crippen LogP contribution in [0.3, 0.4) is 0 Å². The summed E-state index contributed by atoms with van der Waals surface area (Å²) in [6.45, 7) is 2.78. The van der Waals surface area contributed by atoms with Crippen molar-refractivity contribution < 1.29 is 0 Å². The number of pyridine rings is 1. The predicted octanol–water partition coefficient (Wildman–Crippen LogP) is 3.79. The first-order valence-corrected chi connectivity index (χ1v) is 8.95. The van der Waals surface area contributed by atoms with E-state index >= 15 is 0 Å². The molecule has 1 saturated carbocycles. The highest BCUT2D eigenvalue weighted by atomic mass is 79.9. The van der Waals surface area contributed by atoms with Gasteiger partial charge in [0.25, 0.3) is 0 Å². The first-order valence-electron chi connectivity index (χ1n) is 7.28. The molecular formula is C16H20BrN3S. The van der Waals surface area contributed by atoms with Crippen LogP contribution in [0.15, 0.2) is 34.2 Å². The van der Waals surface area contributed by atoms with Gasteiger partial charge in [-0.05, 0) is 53.5 Å². The summed E-state index contributed by atoms with van der Waals surface area (Å²) in [4.78, 5) is 8.24.